The fourth-order valence-electron chi connectivity index (χ4n) is 1.43. The summed E-state index contributed by atoms with van der Waals surface area (Å²) in [6, 6.07) is 0. The van der Waals surface area contributed by atoms with Crippen LogP contribution in [0.5, 0.6) is 0 Å². The lowest BCUT2D eigenvalue weighted by molar-refractivity contribution is 0.136. The topological polar surface area (TPSA) is 20.2 Å². The second-order valence-corrected chi connectivity index (χ2v) is 3.84. The van der Waals surface area contributed by atoms with Gasteiger partial charge in [-0.15, -0.1) is 12.3 Å². The molecule has 1 saturated carbocycles. The molecule has 1 rings (SSSR count). The number of unbranched alkanes of at least 4 members (excludes halogenated alkanes) is 4. The maximum Gasteiger partial charge on any atom is 0.0650 e. The van der Waals surface area contributed by atoms with E-state index >= 15 is 0 Å². The summed E-state index contributed by atoms with van der Waals surface area (Å²) in [6.07, 6.45) is 13.9. The van der Waals surface area contributed by atoms with Gasteiger partial charge in [0.25, 0.3) is 0 Å². The van der Waals surface area contributed by atoms with Crippen LogP contribution in [0.1, 0.15) is 51.4 Å². The average Bonchev–Trinajstić information content (AvgIpc) is 2.77. The molecule has 68 valence electrons. The van der Waals surface area contributed by atoms with Crippen LogP contribution in [0.3, 0.4) is 0 Å². The SMILES string of the molecule is C#CCCCCCCC1(O)CC1. The van der Waals surface area contributed by atoms with Crippen LogP contribution in [0, 0.1) is 12.3 Å². The van der Waals surface area contributed by atoms with Crippen LogP contribution in [0.2, 0.25) is 0 Å². The van der Waals surface area contributed by atoms with Crippen molar-refractivity contribution in [1.29, 1.82) is 0 Å². The first kappa shape index (κ1) is 9.61. The zero-order valence-electron chi connectivity index (χ0n) is 7.68. The van der Waals surface area contributed by atoms with Crippen LogP contribution in [0.4, 0.5) is 0 Å². The van der Waals surface area contributed by atoms with Gasteiger partial charge >= 0.3 is 0 Å². The molecule has 0 spiro atoms. The predicted octanol–water partition coefficient (Wildman–Crippen LogP) is 2.49. The highest BCUT2D eigenvalue weighted by atomic mass is 16.3. The highest BCUT2D eigenvalue weighted by Gasteiger charge is 2.38. The molecular weight excluding hydrogens is 148 g/mol. The minimum atomic E-state index is -0.244. The van der Waals surface area contributed by atoms with Gasteiger partial charge in [-0.1, -0.05) is 19.3 Å². The van der Waals surface area contributed by atoms with Gasteiger partial charge in [-0.25, -0.2) is 0 Å². The van der Waals surface area contributed by atoms with Gasteiger partial charge in [-0.05, 0) is 25.7 Å². The van der Waals surface area contributed by atoms with Gasteiger partial charge in [0.05, 0.1) is 5.60 Å². The number of rotatable bonds is 6. The number of terminal acetylenes is 1. The van der Waals surface area contributed by atoms with E-state index in [0.29, 0.717) is 0 Å². The number of hydrogen-bond donors (Lipinski definition) is 1. The number of hydrogen-bond acceptors (Lipinski definition) is 1. The van der Waals surface area contributed by atoms with Crippen molar-refractivity contribution in [3.8, 4) is 12.3 Å². The molecule has 1 aliphatic carbocycles. The Morgan fingerprint density at radius 2 is 1.83 bits per heavy atom. The summed E-state index contributed by atoms with van der Waals surface area (Å²) >= 11 is 0. The fraction of sp³-hybridized carbons (Fsp3) is 0.818. The van der Waals surface area contributed by atoms with Crippen molar-refractivity contribution >= 4 is 0 Å². The first-order valence-corrected chi connectivity index (χ1v) is 4.93. The van der Waals surface area contributed by atoms with E-state index < -0.39 is 0 Å². The number of aliphatic hydroxyl groups is 1. The summed E-state index contributed by atoms with van der Waals surface area (Å²) in [5.74, 6) is 2.64. The Kier molecular flexibility index (Phi) is 3.62. The molecule has 0 radical (unpaired) electrons. The van der Waals surface area contributed by atoms with Crippen LogP contribution in [-0.4, -0.2) is 10.7 Å². The Labute approximate surface area is 75.2 Å². The molecule has 0 aromatic rings. The molecule has 0 bridgehead atoms. The lowest BCUT2D eigenvalue weighted by atomic mass is 10.1. The van der Waals surface area contributed by atoms with Crippen LogP contribution < -0.4 is 0 Å². The van der Waals surface area contributed by atoms with Gasteiger partial charge in [0.2, 0.25) is 0 Å². The Bertz CT molecular complexity index is 162. The third kappa shape index (κ3) is 3.78. The summed E-state index contributed by atoms with van der Waals surface area (Å²) in [6.45, 7) is 0. The highest BCUT2D eigenvalue weighted by Crippen LogP contribution is 2.39. The first-order valence-electron chi connectivity index (χ1n) is 4.93. The van der Waals surface area contributed by atoms with Crippen molar-refractivity contribution in [2.24, 2.45) is 0 Å². The Morgan fingerprint density at radius 1 is 1.17 bits per heavy atom. The third-order valence-electron chi connectivity index (χ3n) is 2.54. The molecule has 0 heterocycles. The predicted molar refractivity (Wildman–Crippen MR) is 50.7 cm³/mol. The first-order chi connectivity index (χ1) is 5.77. The second kappa shape index (κ2) is 4.52. The molecule has 0 aliphatic heterocycles. The summed E-state index contributed by atoms with van der Waals surface area (Å²) in [4.78, 5) is 0. The van der Waals surface area contributed by atoms with E-state index in [4.69, 9.17) is 6.42 Å². The van der Waals surface area contributed by atoms with Gasteiger partial charge in [0, 0.05) is 6.42 Å². The van der Waals surface area contributed by atoms with E-state index in [2.05, 4.69) is 5.92 Å². The standard InChI is InChI=1S/C11H18O/c1-2-3-4-5-6-7-8-11(12)9-10-11/h1,12H,3-10H2. The quantitative estimate of drug-likeness (QED) is 0.475. The van der Waals surface area contributed by atoms with Gasteiger partial charge in [-0.2, -0.15) is 0 Å². The van der Waals surface area contributed by atoms with E-state index in [9.17, 15) is 5.11 Å². The largest absolute Gasteiger partial charge is 0.390 e. The maximum absolute atomic E-state index is 9.50. The Hall–Kier alpha value is -0.480. The van der Waals surface area contributed by atoms with Crippen LogP contribution in [0.25, 0.3) is 0 Å². The molecule has 1 heteroatoms. The molecule has 0 aromatic carbocycles. The minimum absolute atomic E-state index is 0.244. The molecule has 0 atom stereocenters. The van der Waals surface area contributed by atoms with Crippen molar-refractivity contribution in [2.75, 3.05) is 0 Å². The zero-order valence-corrected chi connectivity index (χ0v) is 7.68. The van der Waals surface area contributed by atoms with Crippen LogP contribution in [0.15, 0.2) is 0 Å². The van der Waals surface area contributed by atoms with Crippen LogP contribution >= 0.6 is 0 Å². The highest BCUT2D eigenvalue weighted by molar-refractivity contribution is 4.92. The Balaban J connectivity index is 1.81. The normalized spacial score (nSPS) is 18.7. The van der Waals surface area contributed by atoms with Gasteiger partial charge in [0.15, 0.2) is 0 Å². The molecule has 1 N–H and O–H groups in total. The van der Waals surface area contributed by atoms with Crippen molar-refractivity contribution in [1.82, 2.24) is 0 Å². The molecular formula is C11H18O. The van der Waals surface area contributed by atoms with Gasteiger partial charge in [-0.3, -0.25) is 0 Å². The van der Waals surface area contributed by atoms with Gasteiger partial charge in [0.1, 0.15) is 0 Å². The summed E-state index contributed by atoms with van der Waals surface area (Å²) < 4.78 is 0. The Morgan fingerprint density at radius 3 is 2.42 bits per heavy atom. The molecule has 0 unspecified atom stereocenters. The van der Waals surface area contributed by atoms with Crippen molar-refractivity contribution in [3.63, 3.8) is 0 Å². The lowest BCUT2D eigenvalue weighted by Crippen LogP contribution is -2.05. The summed E-state index contributed by atoms with van der Waals surface area (Å²) in [5.41, 5.74) is -0.244. The molecule has 0 saturated heterocycles. The van der Waals surface area contributed by atoms with E-state index in [1.807, 2.05) is 0 Å². The van der Waals surface area contributed by atoms with Crippen molar-refractivity contribution in [2.45, 2.75) is 57.0 Å². The van der Waals surface area contributed by atoms with Crippen LogP contribution in [-0.2, 0) is 0 Å². The van der Waals surface area contributed by atoms with E-state index in [-0.39, 0.29) is 5.60 Å². The summed E-state index contributed by atoms with van der Waals surface area (Å²) in [5, 5.41) is 9.50. The van der Waals surface area contributed by atoms with Gasteiger partial charge < -0.3 is 5.11 Å². The minimum Gasteiger partial charge on any atom is -0.390 e. The monoisotopic (exact) mass is 166 g/mol. The van der Waals surface area contributed by atoms with E-state index in [1.165, 1.54) is 19.3 Å². The lowest BCUT2D eigenvalue weighted by Gasteiger charge is -2.05. The molecule has 12 heavy (non-hydrogen) atoms. The molecule has 0 amide bonds. The third-order valence-corrected chi connectivity index (χ3v) is 2.54. The molecule has 0 aromatic heterocycles. The average molecular weight is 166 g/mol. The second-order valence-electron chi connectivity index (χ2n) is 3.84. The van der Waals surface area contributed by atoms with E-state index in [1.54, 1.807) is 0 Å². The zero-order chi connectivity index (χ0) is 8.86. The smallest absolute Gasteiger partial charge is 0.0650 e. The fourth-order valence-corrected chi connectivity index (χ4v) is 1.43. The van der Waals surface area contributed by atoms with Crippen molar-refractivity contribution < 1.29 is 5.11 Å². The maximum atomic E-state index is 9.50. The molecule has 1 nitrogen and oxygen atoms in total. The molecule has 1 fully saturated rings. The molecule has 1 aliphatic rings. The van der Waals surface area contributed by atoms with E-state index in [0.717, 1.165) is 32.1 Å². The van der Waals surface area contributed by atoms with Crippen molar-refractivity contribution in [3.05, 3.63) is 0 Å². The summed E-state index contributed by atoms with van der Waals surface area (Å²) in [7, 11) is 0.